The Morgan fingerprint density at radius 3 is 2.35 bits per heavy atom. The summed E-state index contributed by atoms with van der Waals surface area (Å²) in [5.41, 5.74) is 0.804. The van der Waals surface area contributed by atoms with E-state index in [-0.39, 0.29) is 36.7 Å². The molecule has 2 rings (SSSR count). The van der Waals surface area contributed by atoms with Gasteiger partial charge in [0.25, 0.3) is 0 Å². The normalized spacial score (nSPS) is 16.4. The molecule has 6 heteroatoms. The summed E-state index contributed by atoms with van der Waals surface area (Å²) in [6, 6.07) is 5.42. The lowest BCUT2D eigenvalue weighted by Crippen LogP contribution is -2.45. The summed E-state index contributed by atoms with van der Waals surface area (Å²) in [5, 5.41) is 3.36. The Hall–Kier alpha value is -0.550. The van der Waals surface area contributed by atoms with Crippen LogP contribution < -0.4 is 10.1 Å². The van der Waals surface area contributed by atoms with Gasteiger partial charge in [0.1, 0.15) is 11.6 Å². The summed E-state index contributed by atoms with van der Waals surface area (Å²) >= 11 is 0. The molecule has 1 aliphatic heterocycles. The smallest absolute Gasteiger partial charge is 0.131 e. The van der Waals surface area contributed by atoms with E-state index in [0.29, 0.717) is 11.7 Å². The van der Waals surface area contributed by atoms with Crippen molar-refractivity contribution in [2.45, 2.75) is 32.7 Å². The van der Waals surface area contributed by atoms with Gasteiger partial charge >= 0.3 is 0 Å². The Bertz CT molecular complexity index is 454. The Kier molecular flexibility index (Phi) is 10.8. The van der Waals surface area contributed by atoms with Crippen LogP contribution in [0, 0.1) is 11.7 Å². The second-order valence-electron chi connectivity index (χ2n) is 6.16. The third-order valence-electron chi connectivity index (χ3n) is 4.18. The molecule has 0 aliphatic carbocycles. The molecule has 1 heterocycles. The molecule has 3 nitrogen and oxygen atoms in total. The van der Waals surface area contributed by atoms with E-state index in [0.717, 1.165) is 44.6 Å². The van der Waals surface area contributed by atoms with Crippen LogP contribution in [0.25, 0.3) is 0 Å². The average molecular weight is 367 g/mol. The van der Waals surface area contributed by atoms with Gasteiger partial charge in [-0.2, -0.15) is 0 Å². The molecule has 0 bridgehead atoms. The zero-order valence-corrected chi connectivity index (χ0v) is 15.8. The van der Waals surface area contributed by atoms with Crippen LogP contribution in [0.15, 0.2) is 18.2 Å². The number of nitrogens with zero attached hydrogens (tertiary/aromatic N) is 1. The van der Waals surface area contributed by atoms with Gasteiger partial charge in [-0.3, -0.25) is 4.90 Å². The summed E-state index contributed by atoms with van der Waals surface area (Å²) in [6.07, 6.45) is 2.11. The number of ether oxygens (including phenoxy) is 1. The number of nitrogens with one attached hydrogen (secondary N) is 1. The lowest BCUT2D eigenvalue weighted by Gasteiger charge is -2.36. The lowest BCUT2D eigenvalue weighted by atomic mass is 9.95. The molecule has 0 radical (unpaired) electrons. The first-order valence-electron chi connectivity index (χ1n) is 7.90. The maximum atomic E-state index is 14.4. The van der Waals surface area contributed by atoms with E-state index in [4.69, 9.17) is 4.74 Å². The van der Waals surface area contributed by atoms with Crippen molar-refractivity contribution in [2.75, 3.05) is 33.3 Å². The van der Waals surface area contributed by atoms with E-state index in [1.165, 1.54) is 6.07 Å². The van der Waals surface area contributed by atoms with Gasteiger partial charge in [-0.05, 0) is 24.8 Å². The van der Waals surface area contributed by atoms with Crippen LogP contribution in [-0.2, 0) is 0 Å². The minimum atomic E-state index is -0.151. The van der Waals surface area contributed by atoms with Gasteiger partial charge in [-0.1, -0.05) is 19.9 Å². The topological polar surface area (TPSA) is 24.5 Å². The van der Waals surface area contributed by atoms with Crippen LogP contribution in [-0.4, -0.2) is 38.2 Å². The van der Waals surface area contributed by atoms with Crippen LogP contribution >= 0.6 is 24.8 Å². The van der Waals surface area contributed by atoms with Gasteiger partial charge in [0.2, 0.25) is 0 Å². The molecule has 1 atom stereocenters. The van der Waals surface area contributed by atoms with Crippen LogP contribution in [0.5, 0.6) is 5.75 Å². The van der Waals surface area contributed by atoms with Gasteiger partial charge in [-0.15, -0.1) is 24.8 Å². The van der Waals surface area contributed by atoms with Crippen molar-refractivity contribution in [3.05, 3.63) is 29.6 Å². The van der Waals surface area contributed by atoms with E-state index >= 15 is 0 Å². The van der Waals surface area contributed by atoms with Crippen molar-refractivity contribution in [3.63, 3.8) is 0 Å². The van der Waals surface area contributed by atoms with Crippen molar-refractivity contribution in [2.24, 2.45) is 5.92 Å². The highest BCUT2D eigenvalue weighted by atomic mass is 35.5. The Morgan fingerprint density at radius 1 is 1.17 bits per heavy atom. The molecule has 134 valence electrons. The molecule has 1 aliphatic rings. The van der Waals surface area contributed by atoms with Crippen molar-refractivity contribution in [1.29, 1.82) is 0 Å². The minimum absolute atomic E-state index is 0. The SMILES string of the molecule is COc1ccc([C@H](CCC(C)C)N2CCNCC2)c(F)c1.Cl.Cl. The zero-order chi connectivity index (χ0) is 15.2. The molecule has 0 spiro atoms. The minimum Gasteiger partial charge on any atom is -0.497 e. The van der Waals surface area contributed by atoms with Gasteiger partial charge in [0, 0.05) is 43.9 Å². The highest BCUT2D eigenvalue weighted by molar-refractivity contribution is 5.85. The van der Waals surface area contributed by atoms with Crippen molar-refractivity contribution < 1.29 is 9.13 Å². The predicted octanol–water partition coefficient (Wildman–Crippen LogP) is 4.06. The van der Waals surface area contributed by atoms with Crippen LogP contribution in [0.2, 0.25) is 0 Å². The number of hydrogen-bond acceptors (Lipinski definition) is 3. The van der Waals surface area contributed by atoms with Gasteiger partial charge in [0.15, 0.2) is 0 Å². The fourth-order valence-electron chi connectivity index (χ4n) is 2.92. The number of benzene rings is 1. The summed E-state index contributed by atoms with van der Waals surface area (Å²) in [7, 11) is 1.57. The molecular weight excluding hydrogens is 338 g/mol. The molecule has 1 aromatic carbocycles. The van der Waals surface area contributed by atoms with E-state index in [2.05, 4.69) is 24.1 Å². The first-order chi connectivity index (χ1) is 10.1. The summed E-state index contributed by atoms with van der Waals surface area (Å²) in [5.74, 6) is 1.07. The second-order valence-corrected chi connectivity index (χ2v) is 6.16. The largest absolute Gasteiger partial charge is 0.497 e. The Balaban J connectivity index is 0.00000242. The number of hydrogen-bond donors (Lipinski definition) is 1. The molecule has 1 fully saturated rings. The number of piperazine rings is 1. The first-order valence-corrected chi connectivity index (χ1v) is 7.90. The van der Waals surface area contributed by atoms with Crippen LogP contribution in [0.1, 0.15) is 38.3 Å². The molecule has 0 saturated carbocycles. The summed E-state index contributed by atoms with van der Waals surface area (Å²) in [6.45, 7) is 8.37. The van der Waals surface area contributed by atoms with E-state index in [1.54, 1.807) is 7.11 Å². The molecule has 1 saturated heterocycles. The van der Waals surface area contributed by atoms with Crippen molar-refractivity contribution >= 4 is 24.8 Å². The fraction of sp³-hybridized carbons (Fsp3) is 0.647. The maximum Gasteiger partial charge on any atom is 0.131 e. The van der Waals surface area contributed by atoms with Crippen molar-refractivity contribution in [1.82, 2.24) is 10.2 Å². The third-order valence-corrected chi connectivity index (χ3v) is 4.18. The third kappa shape index (κ3) is 6.46. The fourth-order valence-corrected chi connectivity index (χ4v) is 2.92. The summed E-state index contributed by atoms with van der Waals surface area (Å²) < 4.78 is 19.6. The standard InChI is InChI=1S/C17H27FN2O.2ClH/c1-13(2)4-7-17(20-10-8-19-9-11-20)15-6-5-14(21-3)12-16(15)18;;/h5-6,12-13,17,19H,4,7-11H2,1-3H3;2*1H/t17-;;/m0../s1. The Labute approximate surface area is 151 Å². The maximum absolute atomic E-state index is 14.4. The van der Waals surface area contributed by atoms with Gasteiger partial charge < -0.3 is 10.1 Å². The molecule has 1 aromatic rings. The monoisotopic (exact) mass is 366 g/mol. The van der Waals surface area contributed by atoms with Gasteiger partial charge in [0.05, 0.1) is 7.11 Å². The Morgan fingerprint density at radius 2 is 1.83 bits per heavy atom. The number of rotatable bonds is 6. The highest BCUT2D eigenvalue weighted by Crippen LogP contribution is 2.31. The number of methoxy groups -OCH3 is 1. The lowest BCUT2D eigenvalue weighted by molar-refractivity contribution is 0.156. The highest BCUT2D eigenvalue weighted by Gasteiger charge is 2.24. The van der Waals surface area contributed by atoms with Gasteiger partial charge in [-0.25, -0.2) is 4.39 Å². The molecule has 23 heavy (non-hydrogen) atoms. The molecule has 1 N–H and O–H groups in total. The van der Waals surface area contributed by atoms with Crippen LogP contribution in [0.3, 0.4) is 0 Å². The van der Waals surface area contributed by atoms with Crippen LogP contribution in [0.4, 0.5) is 4.39 Å². The quantitative estimate of drug-likeness (QED) is 0.821. The number of halogens is 3. The molecule has 0 amide bonds. The molecule has 0 aromatic heterocycles. The second kappa shape index (κ2) is 11.1. The van der Waals surface area contributed by atoms with E-state index < -0.39 is 0 Å². The summed E-state index contributed by atoms with van der Waals surface area (Å²) in [4.78, 5) is 2.41. The average Bonchev–Trinajstić information content (AvgIpc) is 2.49. The molecular formula is C17H29Cl2FN2O. The predicted molar refractivity (Wildman–Crippen MR) is 98.7 cm³/mol. The first kappa shape index (κ1) is 22.4. The zero-order valence-electron chi connectivity index (χ0n) is 14.2. The van der Waals surface area contributed by atoms with Crippen molar-refractivity contribution in [3.8, 4) is 5.75 Å². The van der Waals surface area contributed by atoms with E-state index in [1.807, 2.05) is 12.1 Å². The molecule has 0 unspecified atom stereocenters. The van der Waals surface area contributed by atoms with E-state index in [9.17, 15) is 4.39 Å².